The van der Waals surface area contributed by atoms with Crippen LogP contribution in [0.5, 0.6) is 0 Å². The molecule has 1 aromatic heterocycles. The van der Waals surface area contributed by atoms with Crippen LogP contribution in [-0.2, 0) is 15.6 Å². The van der Waals surface area contributed by atoms with Gasteiger partial charge in [0.1, 0.15) is 16.4 Å². The summed E-state index contributed by atoms with van der Waals surface area (Å²) in [5, 5.41) is 10.1. The van der Waals surface area contributed by atoms with Crippen molar-refractivity contribution in [2.24, 2.45) is 0 Å². The predicted octanol–water partition coefficient (Wildman–Crippen LogP) is 0.732. The molecule has 0 amide bonds. The van der Waals surface area contributed by atoms with Crippen molar-refractivity contribution in [3.05, 3.63) is 28.0 Å². The Morgan fingerprint density at radius 3 is 2.54 bits per heavy atom. The van der Waals surface area contributed by atoms with Gasteiger partial charge in [-0.3, -0.25) is 10.1 Å². The third-order valence-corrected chi connectivity index (χ3v) is 2.04. The molecule has 0 unspecified atom stereocenters. The Morgan fingerprint density at radius 1 is 1.54 bits per heavy atom. The molecule has 0 saturated heterocycles. The van der Waals surface area contributed by atoms with Gasteiger partial charge < -0.3 is 4.42 Å². The van der Waals surface area contributed by atoms with Gasteiger partial charge in [-0.05, 0) is 6.07 Å². The average Bonchev–Trinajstić information content (AvgIpc) is 2.31. The molecule has 0 bridgehead atoms. The summed E-state index contributed by atoms with van der Waals surface area (Å²) in [4.78, 5) is 9.43. The monoisotopic (exact) mass is 205 g/mol. The minimum atomic E-state index is -3.21. The van der Waals surface area contributed by atoms with Gasteiger partial charge >= 0.3 is 5.88 Å². The van der Waals surface area contributed by atoms with Crippen LogP contribution in [0.15, 0.2) is 16.5 Å². The van der Waals surface area contributed by atoms with Gasteiger partial charge in [0.15, 0.2) is 9.84 Å². The van der Waals surface area contributed by atoms with Crippen LogP contribution in [0.1, 0.15) is 5.76 Å². The normalized spacial score (nSPS) is 11.5. The molecule has 0 atom stereocenters. The van der Waals surface area contributed by atoms with Crippen LogP contribution in [0, 0.1) is 10.1 Å². The van der Waals surface area contributed by atoms with E-state index < -0.39 is 20.6 Å². The van der Waals surface area contributed by atoms with E-state index >= 15 is 0 Å². The summed E-state index contributed by atoms with van der Waals surface area (Å²) in [5.41, 5.74) is 0. The lowest BCUT2D eigenvalue weighted by atomic mass is 10.5. The molecule has 13 heavy (non-hydrogen) atoms. The maximum Gasteiger partial charge on any atom is 0.433 e. The lowest BCUT2D eigenvalue weighted by Crippen LogP contribution is -1.99. The molecule has 1 aromatic rings. The molecule has 0 aliphatic carbocycles. The second-order valence-corrected chi connectivity index (χ2v) is 4.71. The fraction of sp³-hybridized carbons (Fsp3) is 0.333. The molecule has 0 N–H and O–H groups in total. The van der Waals surface area contributed by atoms with Crippen molar-refractivity contribution in [1.29, 1.82) is 0 Å². The van der Waals surface area contributed by atoms with Crippen molar-refractivity contribution in [3.63, 3.8) is 0 Å². The number of nitrogens with zero attached hydrogens (tertiary/aromatic N) is 1. The smallest absolute Gasteiger partial charge is 0.405 e. The number of nitro groups is 1. The molecule has 0 saturated carbocycles. The number of furan rings is 1. The second-order valence-electron chi connectivity index (χ2n) is 2.57. The lowest BCUT2D eigenvalue weighted by molar-refractivity contribution is -0.402. The van der Waals surface area contributed by atoms with Crippen molar-refractivity contribution in [3.8, 4) is 0 Å². The van der Waals surface area contributed by atoms with E-state index in [0.717, 1.165) is 12.3 Å². The van der Waals surface area contributed by atoms with Crippen molar-refractivity contribution in [2.45, 2.75) is 5.75 Å². The molecule has 1 rings (SSSR count). The fourth-order valence-corrected chi connectivity index (χ4v) is 1.47. The zero-order valence-corrected chi connectivity index (χ0v) is 7.58. The van der Waals surface area contributed by atoms with Gasteiger partial charge in [0.05, 0.1) is 6.07 Å². The van der Waals surface area contributed by atoms with E-state index in [2.05, 4.69) is 4.42 Å². The summed E-state index contributed by atoms with van der Waals surface area (Å²) in [6.45, 7) is 0. The Morgan fingerprint density at radius 2 is 2.15 bits per heavy atom. The first-order valence-corrected chi connectivity index (χ1v) is 5.35. The van der Waals surface area contributed by atoms with E-state index in [9.17, 15) is 18.5 Å². The second kappa shape index (κ2) is 3.17. The maximum atomic E-state index is 10.7. The van der Waals surface area contributed by atoms with Gasteiger partial charge in [-0.15, -0.1) is 0 Å². The molecule has 1 heterocycles. The van der Waals surface area contributed by atoms with Gasteiger partial charge in [-0.1, -0.05) is 0 Å². The van der Waals surface area contributed by atoms with E-state index in [-0.39, 0.29) is 11.5 Å². The molecule has 0 spiro atoms. The SMILES string of the molecule is CS(=O)(=O)Cc1ccc([N+](=O)[O-])o1. The Hall–Kier alpha value is -1.37. The molecule has 7 heteroatoms. The van der Waals surface area contributed by atoms with Crippen molar-refractivity contribution >= 4 is 15.7 Å². The van der Waals surface area contributed by atoms with Crippen molar-refractivity contribution < 1.29 is 17.8 Å². The Kier molecular flexibility index (Phi) is 2.37. The predicted molar refractivity (Wildman–Crippen MR) is 43.9 cm³/mol. The summed E-state index contributed by atoms with van der Waals surface area (Å²) in [6.07, 6.45) is 1.03. The maximum absolute atomic E-state index is 10.7. The molecule has 6 nitrogen and oxygen atoms in total. The van der Waals surface area contributed by atoms with E-state index in [1.54, 1.807) is 0 Å². The van der Waals surface area contributed by atoms with Crippen LogP contribution in [0.25, 0.3) is 0 Å². The summed E-state index contributed by atoms with van der Waals surface area (Å²) in [7, 11) is -3.21. The van der Waals surface area contributed by atoms with Gasteiger partial charge in [0.2, 0.25) is 0 Å². The largest absolute Gasteiger partial charge is 0.433 e. The van der Waals surface area contributed by atoms with Gasteiger partial charge in [-0.2, -0.15) is 0 Å². The molecule has 0 aliphatic heterocycles. The summed E-state index contributed by atoms with van der Waals surface area (Å²) < 4.78 is 26.1. The standard InChI is InChI=1S/C6H7NO5S/c1-13(10,11)4-5-2-3-6(12-5)7(8)9/h2-3H,4H2,1H3. The molecular formula is C6H7NO5S. The fourth-order valence-electron chi connectivity index (χ4n) is 0.801. The van der Waals surface area contributed by atoms with Crippen LogP contribution >= 0.6 is 0 Å². The van der Waals surface area contributed by atoms with Crippen LogP contribution in [-0.4, -0.2) is 19.6 Å². The van der Waals surface area contributed by atoms with Crippen molar-refractivity contribution in [1.82, 2.24) is 0 Å². The highest BCUT2D eigenvalue weighted by Crippen LogP contribution is 2.17. The molecular weight excluding hydrogens is 198 g/mol. The van der Waals surface area contributed by atoms with Gasteiger partial charge in [0.25, 0.3) is 0 Å². The van der Waals surface area contributed by atoms with Crippen molar-refractivity contribution in [2.75, 3.05) is 6.26 Å². The first-order valence-electron chi connectivity index (χ1n) is 3.29. The molecule has 0 aromatic carbocycles. The zero-order valence-electron chi connectivity index (χ0n) is 6.76. The van der Waals surface area contributed by atoms with Crippen LogP contribution in [0.3, 0.4) is 0 Å². The number of sulfone groups is 1. The summed E-state index contributed by atoms with van der Waals surface area (Å²) in [6, 6.07) is 2.40. The highest BCUT2D eigenvalue weighted by molar-refractivity contribution is 7.89. The molecule has 72 valence electrons. The van der Waals surface area contributed by atoms with E-state index in [4.69, 9.17) is 0 Å². The zero-order chi connectivity index (χ0) is 10.1. The summed E-state index contributed by atoms with van der Waals surface area (Å²) in [5.74, 6) is -0.686. The lowest BCUT2D eigenvalue weighted by Gasteiger charge is -1.91. The van der Waals surface area contributed by atoms with Crippen LogP contribution in [0.2, 0.25) is 0 Å². The summed E-state index contributed by atoms with van der Waals surface area (Å²) >= 11 is 0. The molecule has 0 radical (unpaired) electrons. The first kappa shape index (κ1) is 9.72. The van der Waals surface area contributed by atoms with Crippen LogP contribution in [0.4, 0.5) is 5.88 Å². The first-order chi connectivity index (χ1) is 5.88. The minimum Gasteiger partial charge on any atom is -0.405 e. The number of rotatable bonds is 3. The van der Waals surface area contributed by atoms with E-state index in [1.165, 1.54) is 6.07 Å². The minimum absolute atomic E-state index is 0.0780. The number of hydrogen-bond donors (Lipinski definition) is 0. The third kappa shape index (κ3) is 2.86. The quantitative estimate of drug-likeness (QED) is 0.536. The Bertz CT molecular complexity index is 418. The van der Waals surface area contributed by atoms with Crippen LogP contribution < -0.4 is 0 Å². The van der Waals surface area contributed by atoms with Gasteiger partial charge in [-0.25, -0.2) is 8.42 Å². The molecule has 0 fully saturated rings. The topological polar surface area (TPSA) is 90.4 Å². The number of hydrogen-bond acceptors (Lipinski definition) is 5. The Labute approximate surface area is 74.2 Å². The third-order valence-electron chi connectivity index (χ3n) is 1.23. The average molecular weight is 205 g/mol. The van der Waals surface area contributed by atoms with E-state index in [1.807, 2.05) is 0 Å². The van der Waals surface area contributed by atoms with Gasteiger partial charge in [0, 0.05) is 6.26 Å². The Balaban J connectivity index is 2.87. The molecule has 0 aliphatic rings. The van der Waals surface area contributed by atoms with E-state index in [0.29, 0.717) is 0 Å². The highest BCUT2D eigenvalue weighted by Gasteiger charge is 2.14. The highest BCUT2D eigenvalue weighted by atomic mass is 32.2.